The molecular formula is C17H30N2S. The van der Waals surface area contributed by atoms with E-state index in [1.54, 1.807) is 0 Å². The molecule has 1 saturated carbocycles. The van der Waals surface area contributed by atoms with Gasteiger partial charge in [0.05, 0.1) is 10.7 Å². The van der Waals surface area contributed by atoms with Crippen molar-refractivity contribution in [1.29, 1.82) is 0 Å². The number of hydrogen-bond donors (Lipinski definition) is 1. The van der Waals surface area contributed by atoms with Crippen LogP contribution < -0.4 is 5.32 Å². The van der Waals surface area contributed by atoms with Crippen molar-refractivity contribution < 1.29 is 0 Å². The molecule has 0 amide bonds. The van der Waals surface area contributed by atoms with E-state index in [9.17, 15) is 0 Å². The van der Waals surface area contributed by atoms with E-state index in [1.807, 2.05) is 11.3 Å². The molecule has 0 spiro atoms. The molecule has 1 N–H and O–H groups in total. The van der Waals surface area contributed by atoms with Crippen LogP contribution in [0.5, 0.6) is 0 Å². The molecule has 1 aromatic rings. The van der Waals surface area contributed by atoms with Gasteiger partial charge in [-0.15, -0.1) is 11.3 Å². The number of aromatic nitrogens is 1. The number of thiazole rings is 1. The molecule has 1 aliphatic carbocycles. The average molecular weight is 295 g/mol. The maximum absolute atomic E-state index is 4.57. The van der Waals surface area contributed by atoms with E-state index in [1.165, 1.54) is 34.8 Å². The van der Waals surface area contributed by atoms with Gasteiger partial charge in [-0.05, 0) is 51.4 Å². The zero-order valence-corrected chi connectivity index (χ0v) is 14.7. The van der Waals surface area contributed by atoms with E-state index in [2.05, 4.69) is 51.8 Å². The fourth-order valence-corrected chi connectivity index (χ4v) is 4.68. The average Bonchev–Trinajstić information content (AvgIpc) is 2.68. The summed E-state index contributed by atoms with van der Waals surface area (Å²) in [5, 5.41) is 5.11. The van der Waals surface area contributed by atoms with E-state index in [-0.39, 0.29) is 0 Å². The van der Waals surface area contributed by atoms with E-state index in [0.717, 1.165) is 17.8 Å². The van der Waals surface area contributed by atoms with Gasteiger partial charge in [0.2, 0.25) is 0 Å². The second-order valence-electron chi connectivity index (χ2n) is 7.00. The van der Waals surface area contributed by atoms with Crippen molar-refractivity contribution >= 4 is 11.3 Å². The van der Waals surface area contributed by atoms with Crippen molar-refractivity contribution in [2.45, 2.75) is 72.9 Å². The van der Waals surface area contributed by atoms with Gasteiger partial charge in [-0.25, -0.2) is 4.98 Å². The first-order chi connectivity index (χ1) is 9.38. The zero-order valence-electron chi connectivity index (χ0n) is 13.9. The van der Waals surface area contributed by atoms with E-state index in [0.29, 0.717) is 12.1 Å². The Bertz CT molecular complexity index is 438. The van der Waals surface area contributed by atoms with Gasteiger partial charge in [0.1, 0.15) is 0 Å². The number of nitrogens with zero attached hydrogens (tertiary/aromatic N) is 1. The summed E-state index contributed by atoms with van der Waals surface area (Å²) in [5.41, 5.74) is 1.21. The Morgan fingerprint density at radius 3 is 2.45 bits per heavy atom. The van der Waals surface area contributed by atoms with Gasteiger partial charge in [0.15, 0.2) is 0 Å². The predicted octanol–water partition coefficient (Wildman–Crippen LogP) is 4.87. The number of nitrogens with one attached hydrogen (secondary N) is 1. The maximum atomic E-state index is 4.57. The maximum Gasteiger partial charge on any atom is 0.0900 e. The summed E-state index contributed by atoms with van der Waals surface area (Å²) in [5.74, 6) is 2.46. The lowest BCUT2D eigenvalue weighted by Gasteiger charge is -2.39. The molecule has 114 valence electrons. The van der Waals surface area contributed by atoms with Gasteiger partial charge < -0.3 is 5.32 Å². The van der Waals surface area contributed by atoms with Crippen LogP contribution in [0.25, 0.3) is 0 Å². The Balaban J connectivity index is 2.07. The van der Waals surface area contributed by atoms with Gasteiger partial charge >= 0.3 is 0 Å². The third kappa shape index (κ3) is 3.62. The molecule has 0 aromatic carbocycles. The summed E-state index contributed by atoms with van der Waals surface area (Å²) in [6, 6.07) is 1.09. The Kier molecular flexibility index (Phi) is 5.25. The van der Waals surface area contributed by atoms with Crippen molar-refractivity contribution in [3.8, 4) is 0 Å². The fourth-order valence-electron chi connectivity index (χ4n) is 3.74. The van der Waals surface area contributed by atoms with Crippen LogP contribution in [0.15, 0.2) is 0 Å². The zero-order chi connectivity index (χ0) is 14.9. The normalized spacial score (nSPS) is 28.9. The highest BCUT2D eigenvalue weighted by atomic mass is 32.1. The number of rotatable bonds is 4. The quantitative estimate of drug-likeness (QED) is 0.857. The monoisotopic (exact) mass is 294 g/mol. The molecule has 2 nitrogen and oxygen atoms in total. The largest absolute Gasteiger partial charge is 0.306 e. The summed E-state index contributed by atoms with van der Waals surface area (Å²) in [6.07, 6.45) is 4.10. The number of aryl methyl sites for hydroxylation is 2. The minimum absolute atomic E-state index is 0.428. The Morgan fingerprint density at radius 2 is 1.90 bits per heavy atom. The Morgan fingerprint density at radius 1 is 1.20 bits per heavy atom. The van der Waals surface area contributed by atoms with Crippen LogP contribution in [0.1, 0.15) is 68.6 Å². The third-order valence-corrected chi connectivity index (χ3v) is 6.07. The molecule has 4 unspecified atom stereocenters. The molecule has 0 radical (unpaired) electrons. The van der Waals surface area contributed by atoms with Crippen molar-refractivity contribution in [2.75, 3.05) is 0 Å². The Labute approximate surface area is 128 Å². The second-order valence-corrected chi connectivity index (χ2v) is 8.24. The smallest absolute Gasteiger partial charge is 0.0900 e. The van der Waals surface area contributed by atoms with Crippen LogP contribution in [0.2, 0.25) is 0 Å². The van der Waals surface area contributed by atoms with Crippen LogP contribution in [0.4, 0.5) is 0 Å². The molecular weight excluding hydrogens is 264 g/mol. The van der Waals surface area contributed by atoms with Crippen LogP contribution in [-0.4, -0.2) is 11.0 Å². The van der Waals surface area contributed by atoms with E-state index >= 15 is 0 Å². The lowest BCUT2D eigenvalue weighted by molar-refractivity contribution is 0.161. The molecule has 1 aliphatic rings. The number of hydrogen-bond acceptors (Lipinski definition) is 3. The standard InChI is InChI=1S/C17H30N2S/c1-10(2)15-8-7-11(3)9-16(15)19-13(5)17-12(4)18-14(6)20-17/h10-11,13,15-16,19H,7-9H2,1-6H3. The SMILES string of the molecule is Cc1nc(C)c(C(C)NC2CC(C)CCC2C(C)C)s1. The summed E-state index contributed by atoms with van der Waals surface area (Å²) >= 11 is 1.85. The van der Waals surface area contributed by atoms with E-state index < -0.39 is 0 Å². The Hall–Kier alpha value is -0.410. The molecule has 4 atom stereocenters. The first-order valence-electron chi connectivity index (χ1n) is 8.08. The molecule has 0 bridgehead atoms. The molecule has 3 heteroatoms. The molecule has 20 heavy (non-hydrogen) atoms. The summed E-state index contributed by atoms with van der Waals surface area (Å²) in [6.45, 7) is 13.7. The molecule has 0 saturated heterocycles. The highest BCUT2D eigenvalue weighted by molar-refractivity contribution is 7.11. The van der Waals surface area contributed by atoms with Crippen molar-refractivity contribution in [3.63, 3.8) is 0 Å². The van der Waals surface area contributed by atoms with Crippen LogP contribution in [-0.2, 0) is 0 Å². The van der Waals surface area contributed by atoms with E-state index in [4.69, 9.17) is 0 Å². The first-order valence-corrected chi connectivity index (χ1v) is 8.90. The highest BCUT2D eigenvalue weighted by Gasteiger charge is 2.31. The summed E-state index contributed by atoms with van der Waals surface area (Å²) in [7, 11) is 0. The van der Waals surface area contributed by atoms with Crippen molar-refractivity contribution in [1.82, 2.24) is 10.3 Å². The highest BCUT2D eigenvalue weighted by Crippen LogP contribution is 2.35. The van der Waals surface area contributed by atoms with Crippen LogP contribution in [0, 0.1) is 31.6 Å². The van der Waals surface area contributed by atoms with Gasteiger partial charge in [0.25, 0.3) is 0 Å². The molecule has 0 aliphatic heterocycles. The van der Waals surface area contributed by atoms with Gasteiger partial charge in [-0.1, -0.05) is 27.2 Å². The predicted molar refractivity (Wildman–Crippen MR) is 88.3 cm³/mol. The van der Waals surface area contributed by atoms with Gasteiger partial charge in [-0.3, -0.25) is 0 Å². The van der Waals surface area contributed by atoms with Gasteiger partial charge in [-0.2, -0.15) is 0 Å². The summed E-state index contributed by atoms with van der Waals surface area (Å²) in [4.78, 5) is 5.99. The minimum Gasteiger partial charge on any atom is -0.306 e. The van der Waals surface area contributed by atoms with Crippen molar-refractivity contribution in [2.24, 2.45) is 17.8 Å². The molecule has 1 fully saturated rings. The lowest BCUT2D eigenvalue weighted by atomic mass is 9.74. The molecule has 1 aromatic heterocycles. The third-order valence-electron chi connectivity index (χ3n) is 4.82. The molecule has 2 rings (SSSR count). The van der Waals surface area contributed by atoms with Crippen LogP contribution >= 0.6 is 11.3 Å². The minimum atomic E-state index is 0.428. The first kappa shape index (κ1) is 16.0. The molecule has 1 heterocycles. The van der Waals surface area contributed by atoms with Gasteiger partial charge in [0, 0.05) is 17.0 Å². The lowest BCUT2D eigenvalue weighted by Crippen LogP contribution is -2.43. The topological polar surface area (TPSA) is 24.9 Å². The van der Waals surface area contributed by atoms with Crippen molar-refractivity contribution in [3.05, 3.63) is 15.6 Å². The fraction of sp³-hybridized carbons (Fsp3) is 0.824. The summed E-state index contributed by atoms with van der Waals surface area (Å²) < 4.78 is 0. The second kappa shape index (κ2) is 6.57. The van der Waals surface area contributed by atoms with Crippen LogP contribution in [0.3, 0.4) is 0 Å².